The van der Waals surface area contributed by atoms with Gasteiger partial charge in [-0.05, 0) is 54.8 Å². The van der Waals surface area contributed by atoms with Gasteiger partial charge in [-0.3, -0.25) is 0 Å². The minimum atomic E-state index is -0.243. The van der Waals surface area contributed by atoms with Gasteiger partial charge in [0, 0.05) is 24.5 Å². The molecule has 8 nitrogen and oxygen atoms in total. The number of aryl methyl sites for hydroxylation is 1. The molecule has 2 N–H and O–H groups in total. The van der Waals surface area contributed by atoms with Gasteiger partial charge in [0.15, 0.2) is 11.5 Å². The molecule has 0 saturated carbocycles. The molecule has 0 unspecified atom stereocenters. The number of nitrogens with zero attached hydrogens (tertiary/aromatic N) is 5. The monoisotopic (exact) mass is 399 g/mol. The van der Waals surface area contributed by atoms with Gasteiger partial charge in [0.05, 0.1) is 0 Å². The molecule has 8 heteroatoms. The van der Waals surface area contributed by atoms with Crippen molar-refractivity contribution in [3.8, 4) is 0 Å². The van der Waals surface area contributed by atoms with Gasteiger partial charge >= 0.3 is 6.03 Å². The Morgan fingerprint density at radius 3 is 2.70 bits per heavy atom. The number of amides is 2. The molecular formula is C22H21N7O. The van der Waals surface area contributed by atoms with Crippen molar-refractivity contribution in [2.75, 3.05) is 22.1 Å². The van der Waals surface area contributed by atoms with Crippen LogP contribution in [-0.2, 0) is 13.0 Å². The van der Waals surface area contributed by atoms with E-state index < -0.39 is 0 Å². The predicted octanol–water partition coefficient (Wildman–Crippen LogP) is 3.64. The number of rotatable bonds is 3. The van der Waals surface area contributed by atoms with Crippen molar-refractivity contribution in [1.82, 2.24) is 19.8 Å². The lowest BCUT2D eigenvalue weighted by molar-refractivity contribution is 0.262. The quantitative estimate of drug-likeness (QED) is 0.549. The van der Waals surface area contributed by atoms with E-state index in [-0.39, 0.29) is 6.03 Å². The standard InChI is InChI=1S/C22H21N7O/c1-15-25-26-20-10-11-21(27-29(15)20)28-13-12-18-16(14-28)6-5-9-19(18)24-22(30)23-17-7-3-2-4-8-17/h2-11H,12-14H2,1H3,(H2,23,24,30). The van der Waals surface area contributed by atoms with Crippen molar-refractivity contribution in [1.29, 1.82) is 0 Å². The van der Waals surface area contributed by atoms with E-state index >= 15 is 0 Å². The zero-order valence-electron chi connectivity index (χ0n) is 16.5. The molecule has 1 aliphatic heterocycles. The maximum Gasteiger partial charge on any atom is 0.323 e. The minimum Gasteiger partial charge on any atom is -0.351 e. The van der Waals surface area contributed by atoms with Crippen LogP contribution in [0.25, 0.3) is 5.65 Å². The maximum absolute atomic E-state index is 12.4. The zero-order valence-corrected chi connectivity index (χ0v) is 16.5. The Hall–Kier alpha value is -3.94. The van der Waals surface area contributed by atoms with Crippen LogP contribution in [0.15, 0.2) is 60.7 Å². The first-order valence-electron chi connectivity index (χ1n) is 9.85. The lowest BCUT2D eigenvalue weighted by Crippen LogP contribution is -2.32. The molecule has 0 aliphatic carbocycles. The van der Waals surface area contributed by atoms with Crippen LogP contribution < -0.4 is 15.5 Å². The van der Waals surface area contributed by atoms with Crippen LogP contribution in [0.3, 0.4) is 0 Å². The summed E-state index contributed by atoms with van der Waals surface area (Å²) in [5.74, 6) is 1.65. The fourth-order valence-electron chi connectivity index (χ4n) is 3.78. The Kier molecular flexibility index (Phi) is 4.51. The average molecular weight is 399 g/mol. The molecule has 2 amide bonds. The van der Waals surface area contributed by atoms with E-state index in [0.29, 0.717) is 0 Å². The molecule has 5 rings (SSSR count). The molecule has 4 aromatic rings. The van der Waals surface area contributed by atoms with Gasteiger partial charge in [-0.2, -0.15) is 4.52 Å². The summed E-state index contributed by atoms with van der Waals surface area (Å²) in [7, 11) is 0. The molecule has 150 valence electrons. The molecule has 0 atom stereocenters. The second kappa shape index (κ2) is 7.47. The largest absolute Gasteiger partial charge is 0.351 e. The van der Waals surface area contributed by atoms with Gasteiger partial charge in [-0.15, -0.1) is 15.3 Å². The number of fused-ring (bicyclic) bond motifs is 2. The smallest absolute Gasteiger partial charge is 0.323 e. The average Bonchev–Trinajstić information content (AvgIpc) is 3.14. The summed E-state index contributed by atoms with van der Waals surface area (Å²) in [6.07, 6.45) is 0.817. The lowest BCUT2D eigenvalue weighted by Gasteiger charge is -2.31. The van der Waals surface area contributed by atoms with E-state index in [1.807, 2.05) is 61.5 Å². The molecular weight excluding hydrogens is 378 g/mol. The van der Waals surface area contributed by atoms with E-state index in [2.05, 4.69) is 36.9 Å². The normalized spacial score (nSPS) is 13.2. The highest BCUT2D eigenvalue weighted by molar-refractivity contribution is 6.00. The molecule has 1 aliphatic rings. The second-order valence-electron chi connectivity index (χ2n) is 7.27. The fraction of sp³-hybridized carbons (Fsp3) is 0.182. The van der Waals surface area contributed by atoms with Crippen LogP contribution in [0.5, 0.6) is 0 Å². The Morgan fingerprint density at radius 1 is 0.967 bits per heavy atom. The number of nitrogens with one attached hydrogen (secondary N) is 2. The molecule has 0 saturated heterocycles. The molecule has 2 aromatic heterocycles. The van der Waals surface area contributed by atoms with E-state index in [9.17, 15) is 4.79 Å². The number of carbonyl (C=O) groups excluding carboxylic acids is 1. The Bertz CT molecular complexity index is 1220. The molecule has 30 heavy (non-hydrogen) atoms. The first kappa shape index (κ1) is 18.1. The summed E-state index contributed by atoms with van der Waals surface area (Å²) < 4.78 is 1.76. The van der Waals surface area contributed by atoms with Gasteiger partial charge in [0.25, 0.3) is 0 Å². The summed E-state index contributed by atoms with van der Waals surface area (Å²) in [4.78, 5) is 14.7. The highest BCUT2D eigenvalue weighted by Gasteiger charge is 2.21. The fourth-order valence-corrected chi connectivity index (χ4v) is 3.78. The van der Waals surface area contributed by atoms with E-state index in [1.165, 1.54) is 11.1 Å². The van der Waals surface area contributed by atoms with Crippen molar-refractivity contribution in [3.63, 3.8) is 0 Å². The molecule has 3 heterocycles. The number of hydrogen-bond donors (Lipinski definition) is 2. The van der Waals surface area contributed by atoms with Crippen molar-refractivity contribution in [2.24, 2.45) is 0 Å². The number of anilines is 3. The summed E-state index contributed by atoms with van der Waals surface area (Å²) >= 11 is 0. The first-order chi connectivity index (χ1) is 14.7. The lowest BCUT2D eigenvalue weighted by atomic mass is 9.97. The molecule has 0 bridgehead atoms. The number of urea groups is 1. The third kappa shape index (κ3) is 3.43. The predicted molar refractivity (Wildman–Crippen MR) is 116 cm³/mol. The topological polar surface area (TPSA) is 87.5 Å². The second-order valence-corrected chi connectivity index (χ2v) is 7.27. The van der Waals surface area contributed by atoms with Gasteiger partial charge in [0.1, 0.15) is 5.82 Å². The van der Waals surface area contributed by atoms with Crippen molar-refractivity contribution >= 4 is 28.9 Å². The molecule has 0 spiro atoms. The molecule has 2 aromatic carbocycles. The van der Waals surface area contributed by atoms with Crippen LogP contribution in [0.4, 0.5) is 22.0 Å². The third-order valence-electron chi connectivity index (χ3n) is 5.27. The number of hydrogen-bond acceptors (Lipinski definition) is 5. The number of carbonyl (C=O) groups is 1. The van der Waals surface area contributed by atoms with E-state index in [4.69, 9.17) is 0 Å². The van der Waals surface area contributed by atoms with E-state index in [1.54, 1.807) is 4.52 Å². The summed E-state index contributed by atoms with van der Waals surface area (Å²) in [5.41, 5.74) is 4.69. The first-order valence-corrected chi connectivity index (χ1v) is 9.85. The Balaban J connectivity index is 1.34. The third-order valence-corrected chi connectivity index (χ3v) is 5.27. The summed E-state index contributed by atoms with van der Waals surface area (Å²) in [6, 6.07) is 19.1. The van der Waals surface area contributed by atoms with Crippen molar-refractivity contribution in [2.45, 2.75) is 19.9 Å². The number of para-hydroxylation sites is 1. The number of aromatic nitrogens is 4. The molecule has 0 fully saturated rings. The van der Waals surface area contributed by atoms with Crippen LogP contribution in [0, 0.1) is 6.92 Å². The van der Waals surface area contributed by atoms with Crippen LogP contribution in [0.1, 0.15) is 17.0 Å². The summed E-state index contributed by atoms with van der Waals surface area (Å²) in [6.45, 7) is 3.43. The van der Waals surface area contributed by atoms with Crippen molar-refractivity contribution in [3.05, 3.63) is 77.6 Å². The van der Waals surface area contributed by atoms with Crippen LogP contribution in [-0.4, -0.2) is 32.4 Å². The van der Waals surface area contributed by atoms with Crippen LogP contribution >= 0.6 is 0 Å². The Labute approximate surface area is 173 Å². The van der Waals surface area contributed by atoms with Crippen molar-refractivity contribution < 1.29 is 4.79 Å². The minimum absolute atomic E-state index is 0.243. The van der Waals surface area contributed by atoms with Crippen LogP contribution in [0.2, 0.25) is 0 Å². The number of benzene rings is 2. The van der Waals surface area contributed by atoms with Gasteiger partial charge in [-0.1, -0.05) is 30.3 Å². The zero-order chi connectivity index (χ0) is 20.5. The maximum atomic E-state index is 12.4. The highest BCUT2D eigenvalue weighted by Crippen LogP contribution is 2.28. The highest BCUT2D eigenvalue weighted by atomic mass is 16.2. The van der Waals surface area contributed by atoms with E-state index in [0.717, 1.165) is 48.2 Å². The van der Waals surface area contributed by atoms with Gasteiger partial charge < -0.3 is 15.5 Å². The molecule has 0 radical (unpaired) electrons. The van der Waals surface area contributed by atoms with Gasteiger partial charge in [-0.25, -0.2) is 4.79 Å². The van der Waals surface area contributed by atoms with Gasteiger partial charge in [0.2, 0.25) is 0 Å². The SMILES string of the molecule is Cc1nnc2ccc(N3CCc4c(cccc4NC(=O)Nc4ccccc4)C3)nn12. The summed E-state index contributed by atoms with van der Waals surface area (Å²) in [5, 5.41) is 18.7. The Morgan fingerprint density at radius 2 is 1.83 bits per heavy atom.